The summed E-state index contributed by atoms with van der Waals surface area (Å²) in [7, 11) is 4.04. The van der Waals surface area contributed by atoms with Gasteiger partial charge in [0.25, 0.3) is 0 Å². The Kier molecular flexibility index (Phi) is 5.22. The average Bonchev–Trinajstić information content (AvgIpc) is 2.25. The van der Waals surface area contributed by atoms with Crippen LogP contribution in [0.15, 0.2) is 0 Å². The third-order valence-corrected chi connectivity index (χ3v) is 3.54. The van der Waals surface area contributed by atoms with E-state index in [2.05, 4.69) is 17.1 Å². The zero-order valence-corrected chi connectivity index (χ0v) is 10.7. The van der Waals surface area contributed by atoms with Gasteiger partial charge in [0.15, 0.2) is 0 Å². The van der Waals surface area contributed by atoms with Crippen LogP contribution in [0.5, 0.6) is 0 Å². The number of nitrogens with zero attached hydrogens (tertiary/aromatic N) is 1. The highest BCUT2D eigenvalue weighted by atomic mass is 16.1. The molecule has 0 aromatic rings. The second-order valence-corrected chi connectivity index (χ2v) is 5.18. The smallest absolute Gasteiger partial charge is 0.223 e. The summed E-state index contributed by atoms with van der Waals surface area (Å²) in [5.41, 5.74) is 5.88. The molecule has 4 nitrogen and oxygen atoms in total. The summed E-state index contributed by atoms with van der Waals surface area (Å²) in [6.07, 6.45) is 4.00. The van der Waals surface area contributed by atoms with E-state index >= 15 is 0 Å². The lowest BCUT2D eigenvalue weighted by atomic mass is 9.85. The number of nitrogens with one attached hydrogen (secondary N) is 1. The molecule has 94 valence electrons. The molecule has 16 heavy (non-hydrogen) atoms. The van der Waals surface area contributed by atoms with Crippen molar-refractivity contribution >= 4 is 5.91 Å². The Morgan fingerprint density at radius 1 is 1.50 bits per heavy atom. The van der Waals surface area contributed by atoms with Crippen molar-refractivity contribution in [2.24, 2.45) is 11.7 Å². The molecule has 0 aliphatic heterocycles. The Morgan fingerprint density at radius 3 is 2.75 bits per heavy atom. The molecule has 3 atom stereocenters. The first-order valence-electron chi connectivity index (χ1n) is 6.20. The summed E-state index contributed by atoms with van der Waals surface area (Å²) in [6, 6.07) is 0.594. The SMILES string of the molecule is CC(CNC(=O)C1CCCC(N)C1)N(C)C. The van der Waals surface area contributed by atoms with Crippen molar-refractivity contribution in [1.29, 1.82) is 0 Å². The third kappa shape index (κ3) is 4.10. The zero-order chi connectivity index (χ0) is 12.1. The van der Waals surface area contributed by atoms with Crippen LogP contribution in [0.3, 0.4) is 0 Å². The number of rotatable bonds is 4. The van der Waals surface area contributed by atoms with Crippen molar-refractivity contribution < 1.29 is 4.79 Å². The molecule has 1 fully saturated rings. The maximum absolute atomic E-state index is 11.9. The van der Waals surface area contributed by atoms with E-state index in [4.69, 9.17) is 5.73 Å². The molecule has 0 saturated heterocycles. The lowest BCUT2D eigenvalue weighted by Crippen LogP contribution is -2.43. The standard InChI is InChI=1S/C12H25N3O/c1-9(15(2)3)8-14-12(16)10-5-4-6-11(13)7-10/h9-11H,4-8,13H2,1-3H3,(H,14,16). The third-order valence-electron chi connectivity index (χ3n) is 3.54. The summed E-state index contributed by atoms with van der Waals surface area (Å²) in [5, 5.41) is 3.02. The van der Waals surface area contributed by atoms with E-state index in [1.54, 1.807) is 0 Å². The van der Waals surface area contributed by atoms with Gasteiger partial charge in [-0.15, -0.1) is 0 Å². The first kappa shape index (κ1) is 13.5. The molecule has 0 aromatic heterocycles. The first-order chi connectivity index (χ1) is 7.50. The number of carbonyl (C=O) groups is 1. The molecule has 0 heterocycles. The Labute approximate surface area is 98.6 Å². The van der Waals surface area contributed by atoms with E-state index in [9.17, 15) is 4.79 Å². The van der Waals surface area contributed by atoms with Crippen LogP contribution in [0.1, 0.15) is 32.6 Å². The van der Waals surface area contributed by atoms with Gasteiger partial charge in [0.2, 0.25) is 5.91 Å². The van der Waals surface area contributed by atoms with E-state index in [1.807, 2.05) is 14.1 Å². The van der Waals surface area contributed by atoms with Gasteiger partial charge in [-0.3, -0.25) is 4.79 Å². The normalized spacial score (nSPS) is 27.8. The molecular weight excluding hydrogens is 202 g/mol. The van der Waals surface area contributed by atoms with Gasteiger partial charge in [-0.25, -0.2) is 0 Å². The lowest BCUT2D eigenvalue weighted by molar-refractivity contribution is -0.126. The van der Waals surface area contributed by atoms with Crippen molar-refractivity contribution in [3.63, 3.8) is 0 Å². The van der Waals surface area contributed by atoms with Crippen LogP contribution in [0.2, 0.25) is 0 Å². The second-order valence-electron chi connectivity index (χ2n) is 5.18. The quantitative estimate of drug-likeness (QED) is 0.738. The Morgan fingerprint density at radius 2 is 2.19 bits per heavy atom. The van der Waals surface area contributed by atoms with Crippen LogP contribution in [0.25, 0.3) is 0 Å². The van der Waals surface area contributed by atoms with Crippen molar-refractivity contribution in [2.75, 3.05) is 20.6 Å². The van der Waals surface area contributed by atoms with Gasteiger partial charge in [-0.2, -0.15) is 0 Å². The monoisotopic (exact) mass is 227 g/mol. The van der Waals surface area contributed by atoms with Crippen molar-refractivity contribution in [3.05, 3.63) is 0 Å². The zero-order valence-electron chi connectivity index (χ0n) is 10.7. The van der Waals surface area contributed by atoms with Crippen molar-refractivity contribution in [3.8, 4) is 0 Å². The molecule has 4 heteroatoms. The molecule has 1 aliphatic rings. The summed E-state index contributed by atoms with van der Waals surface area (Å²) in [6.45, 7) is 2.82. The molecule has 0 radical (unpaired) electrons. The Bertz CT molecular complexity index is 230. The van der Waals surface area contributed by atoms with Crippen molar-refractivity contribution in [1.82, 2.24) is 10.2 Å². The van der Waals surface area contributed by atoms with Crippen LogP contribution in [0, 0.1) is 5.92 Å². The molecule has 3 unspecified atom stereocenters. The minimum absolute atomic E-state index is 0.137. The van der Waals surface area contributed by atoms with Gasteiger partial charge in [-0.1, -0.05) is 6.42 Å². The van der Waals surface area contributed by atoms with E-state index in [0.29, 0.717) is 6.04 Å². The fourth-order valence-electron chi connectivity index (χ4n) is 2.04. The lowest BCUT2D eigenvalue weighted by Gasteiger charge is -2.27. The predicted molar refractivity (Wildman–Crippen MR) is 66.1 cm³/mol. The van der Waals surface area contributed by atoms with Crippen LogP contribution < -0.4 is 11.1 Å². The van der Waals surface area contributed by atoms with Crippen LogP contribution >= 0.6 is 0 Å². The molecule has 0 bridgehead atoms. The highest BCUT2D eigenvalue weighted by Crippen LogP contribution is 2.22. The molecular formula is C12H25N3O. The topological polar surface area (TPSA) is 58.4 Å². The van der Waals surface area contributed by atoms with E-state index in [-0.39, 0.29) is 17.9 Å². The fraction of sp³-hybridized carbons (Fsp3) is 0.917. The first-order valence-corrected chi connectivity index (χ1v) is 6.20. The van der Waals surface area contributed by atoms with Gasteiger partial charge >= 0.3 is 0 Å². The minimum atomic E-state index is 0.137. The van der Waals surface area contributed by atoms with Gasteiger partial charge in [-0.05, 0) is 40.3 Å². The van der Waals surface area contributed by atoms with Gasteiger partial charge in [0.05, 0.1) is 0 Å². The largest absolute Gasteiger partial charge is 0.354 e. The summed E-state index contributed by atoms with van der Waals surface area (Å²) < 4.78 is 0. The molecule has 0 aromatic carbocycles. The summed E-state index contributed by atoms with van der Waals surface area (Å²) in [5.74, 6) is 0.321. The highest BCUT2D eigenvalue weighted by Gasteiger charge is 2.25. The van der Waals surface area contributed by atoms with Gasteiger partial charge < -0.3 is 16.0 Å². The van der Waals surface area contributed by atoms with Crippen LogP contribution in [-0.4, -0.2) is 43.5 Å². The number of carbonyl (C=O) groups excluding carboxylic acids is 1. The van der Waals surface area contributed by atoms with Gasteiger partial charge in [0.1, 0.15) is 0 Å². The van der Waals surface area contributed by atoms with Crippen LogP contribution in [-0.2, 0) is 4.79 Å². The second kappa shape index (κ2) is 6.21. The predicted octanol–water partition coefficient (Wildman–Crippen LogP) is 0.570. The highest BCUT2D eigenvalue weighted by molar-refractivity contribution is 5.78. The minimum Gasteiger partial charge on any atom is -0.354 e. The number of hydrogen-bond donors (Lipinski definition) is 2. The number of amides is 1. The fourth-order valence-corrected chi connectivity index (χ4v) is 2.04. The molecule has 1 amide bonds. The average molecular weight is 227 g/mol. The Hall–Kier alpha value is -0.610. The maximum Gasteiger partial charge on any atom is 0.223 e. The van der Waals surface area contributed by atoms with Gasteiger partial charge in [0, 0.05) is 24.5 Å². The molecule has 1 saturated carbocycles. The van der Waals surface area contributed by atoms with E-state index < -0.39 is 0 Å². The van der Waals surface area contributed by atoms with E-state index in [1.165, 1.54) is 0 Å². The number of hydrogen-bond acceptors (Lipinski definition) is 3. The summed E-state index contributed by atoms with van der Waals surface area (Å²) in [4.78, 5) is 14.0. The van der Waals surface area contributed by atoms with E-state index in [0.717, 1.165) is 32.2 Å². The number of likely N-dealkylation sites (N-methyl/N-ethyl adjacent to an activating group) is 1. The Balaban J connectivity index is 2.29. The molecule has 1 rings (SSSR count). The number of nitrogens with two attached hydrogens (primary N) is 1. The molecule has 1 aliphatic carbocycles. The molecule has 0 spiro atoms. The maximum atomic E-state index is 11.9. The van der Waals surface area contributed by atoms with Crippen LogP contribution in [0.4, 0.5) is 0 Å². The summed E-state index contributed by atoms with van der Waals surface area (Å²) >= 11 is 0. The molecule has 3 N–H and O–H groups in total. The van der Waals surface area contributed by atoms with Crippen molar-refractivity contribution in [2.45, 2.75) is 44.7 Å².